The van der Waals surface area contributed by atoms with Crippen LogP contribution in [0.1, 0.15) is 30.9 Å². The number of nitrogens with zero attached hydrogens (tertiary/aromatic N) is 3. The van der Waals surface area contributed by atoms with Crippen molar-refractivity contribution in [3.8, 4) is 0 Å². The van der Waals surface area contributed by atoms with Gasteiger partial charge in [0.05, 0.1) is 12.5 Å². The van der Waals surface area contributed by atoms with Gasteiger partial charge >= 0.3 is 5.97 Å². The molecule has 0 aromatic heterocycles. The number of aliphatic imine (C=N–C) groups is 1. The molecule has 1 saturated heterocycles. The lowest BCUT2D eigenvalue weighted by Crippen LogP contribution is -2.48. The van der Waals surface area contributed by atoms with E-state index in [-0.39, 0.29) is 11.9 Å². The predicted molar refractivity (Wildman–Crippen MR) is 105 cm³/mol. The van der Waals surface area contributed by atoms with Gasteiger partial charge in [-0.15, -0.1) is 0 Å². The molecule has 26 heavy (non-hydrogen) atoms. The molecule has 1 aromatic carbocycles. The van der Waals surface area contributed by atoms with Crippen LogP contribution in [0, 0.1) is 5.92 Å². The van der Waals surface area contributed by atoms with E-state index in [2.05, 4.69) is 58.5 Å². The Kier molecular flexibility index (Phi) is 7.91. The average molecular weight is 361 g/mol. The van der Waals surface area contributed by atoms with Gasteiger partial charge < -0.3 is 19.9 Å². The Bertz CT molecular complexity index is 616. The maximum absolute atomic E-state index is 12.1. The quantitative estimate of drug-likeness (QED) is 0.478. The topological polar surface area (TPSA) is 57.2 Å². The second-order valence-corrected chi connectivity index (χ2v) is 6.94. The SMILES string of the molecule is CCOC(=O)C1CCCN(C(=NC)NCc2ccccc2CN(C)C)C1. The van der Waals surface area contributed by atoms with Crippen LogP contribution >= 0.6 is 0 Å². The number of carbonyl (C=O) groups is 1. The highest BCUT2D eigenvalue weighted by Crippen LogP contribution is 2.18. The van der Waals surface area contributed by atoms with Crippen LogP contribution in [0.15, 0.2) is 29.3 Å². The molecular formula is C20H32N4O2. The molecule has 6 heteroatoms. The van der Waals surface area contributed by atoms with Crippen molar-refractivity contribution in [3.63, 3.8) is 0 Å². The van der Waals surface area contributed by atoms with E-state index in [9.17, 15) is 4.79 Å². The Hall–Kier alpha value is -2.08. The zero-order valence-electron chi connectivity index (χ0n) is 16.5. The van der Waals surface area contributed by atoms with Crippen molar-refractivity contribution in [1.82, 2.24) is 15.1 Å². The Morgan fingerprint density at radius 3 is 2.73 bits per heavy atom. The van der Waals surface area contributed by atoms with Crippen molar-refractivity contribution >= 4 is 11.9 Å². The van der Waals surface area contributed by atoms with Gasteiger partial charge in [0.1, 0.15) is 0 Å². The molecule has 1 aliphatic heterocycles. The van der Waals surface area contributed by atoms with Gasteiger partial charge in [0.25, 0.3) is 0 Å². The fraction of sp³-hybridized carbons (Fsp3) is 0.600. The van der Waals surface area contributed by atoms with Crippen molar-refractivity contribution in [2.75, 3.05) is 40.8 Å². The smallest absolute Gasteiger partial charge is 0.310 e. The van der Waals surface area contributed by atoms with Gasteiger partial charge in [-0.05, 0) is 45.0 Å². The first-order valence-electron chi connectivity index (χ1n) is 9.38. The fourth-order valence-corrected chi connectivity index (χ4v) is 3.35. The standard InChI is InChI=1S/C20H32N4O2/c1-5-26-19(25)18-11-8-12-24(15-18)20(21-2)22-13-16-9-6-7-10-17(16)14-23(3)4/h6-7,9-10,18H,5,8,11-15H2,1-4H3,(H,21,22). The van der Waals surface area contributed by atoms with Crippen molar-refractivity contribution in [2.45, 2.75) is 32.9 Å². The lowest BCUT2D eigenvalue weighted by atomic mass is 9.98. The Morgan fingerprint density at radius 1 is 1.35 bits per heavy atom. The van der Waals surface area contributed by atoms with Gasteiger partial charge in [0, 0.05) is 33.2 Å². The first kappa shape index (κ1) is 20.2. The molecule has 0 spiro atoms. The maximum atomic E-state index is 12.1. The summed E-state index contributed by atoms with van der Waals surface area (Å²) in [5.41, 5.74) is 2.57. The van der Waals surface area contributed by atoms with Crippen LogP contribution in [0.25, 0.3) is 0 Å². The van der Waals surface area contributed by atoms with E-state index in [0.29, 0.717) is 13.2 Å². The molecule has 1 unspecified atom stereocenters. The molecule has 2 rings (SSSR count). The Labute approximate surface area is 157 Å². The minimum atomic E-state index is -0.0935. The summed E-state index contributed by atoms with van der Waals surface area (Å²) < 4.78 is 5.19. The highest BCUT2D eigenvalue weighted by atomic mass is 16.5. The second kappa shape index (κ2) is 10.2. The summed E-state index contributed by atoms with van der Waals surface area (Å²) in [6, 6.07) is 8.45. The summed E-state index contributed by atoms with van der Waals surface area (Å²) in [6.07, 6.45) is 1.86. The minimum absolute atomic E-state index is 0.0664. The van der Waals surface area contributed by atoms with Crippen molar-refractivity contribution < 1.29 is 9.53 Å². The Balaban J connectivity index is 1.98. The normalized spacial score (nSPS) is 18.1. The van der Waals surface area contributed by atoms with Crippen molar-refractivity contribution in [2.24, 2.45) is 10.9 Å². The molecule has 6 nitrogen and oxygen atoms in total. The third-order valence-corrected chi connectivity index (χ3v) is 4.59. The molecule has 0 saturated carbocycles. The van der Waals surface area contributed by atoms with Crippen LogP contribution in [-0.2, 0) is 22.6 Å². The van der Waals surface area contributed by atoms with Crippen molar-refractivity contribution in [1.29, 1.82) is 0 Å². The van der Waals surface area contributed by atoms with E-state index in [0.717, 1.165) is 38.4 Å². The van der Waals surface area contributed by atoms with Gasteiger partial charge in [-0.3, -0.25) is 9.79 Å². The largest absolute Gasteiger partial charge is 0.466 e. The summed E-state index contributed by atoms with van der Waals surface area (Å²) in [7, 11) is 5.95. The van der Waals surface area contributed by atoms with Crippen LogP contribution < -0.4 is 5.32 Å². The number of benzene rings is 1. The first-order chi connectivity index (χ1) is 12.5. The molecule has 1 heterocycles. The molecule has 0 amide bonds. The molecule has 0 aliphatic carbocycles. The number of esters is 1. The minimum Gasteiger partial charge on any atom is -0.466 e. The highest BCUT2D eigenvalue weighted by Gasteiger charge is 2.28. The highest BCUT2D eigenvalue weighted by molar-refractivity contribution is 5.81. The van der Waals surface area contributed by atoms with Crippen LogP contribution in [0.5, 0.6) is 0 Å². The van der Waals surface area contributed by atoms with Crippen LogP contribution in [0.4, 0.5) is 0 Å². The van der Waals surface area contributed by atoms with E-state index in [1.807, 2.05) is 6.92 Å². The second-order valence-electron chi connectivity index (χ2n) is 6.94. The summed E-state index contributed by atoms with van der Waals surface area (Å²) >= 11 is 0. The maximum Gasteiger partial charge on any atom is 0.310 e. The van der Waals surface area contributed by atoms with E-state index >= 15 is 0 Å². The molecule has 1 N–H and O–H groups in total. The summed E-state index contributed by atoms with van der Waals surface area (Å²) in [5, 5.41) is 3.47. The monoisotopic (exact) mass is 360 g/mol. The molecule has 1 aromatic rings. The zero-order valence-corrected chi connectivity index (χ0v) is 16.5. The van der Waals surface area contributed by atoms with E-state index in [4.69, 9.17) is 4.74 Å². The molecule has 1 aliphatic rings. The van der Waals surface area contributed by atoms with Gasteiger partial charge in [-0.2, -0.15) is 0 Å². The molecular weight excluding hydrogens is 328 g/mol. The molecule has 0 bridgehead atoms. The lowest BCUT2D eigenvalue weighted by Gasteiger charge is -2.34. The summed E-state index contributed by atoms with van der Waals surface area (Å²) in [4.78, 5) is 20.8. The number of ether oxygens (including phenoxy) is 1. The molecule has 0 radical (unpaired) electrons. The van der Waals surface area contributed by atoms with E-state index in [1.54, 1.807) is 7.05 Å². The van der Waals surface area contributed by atoms with Gasteiger partial charge in [-0.1, -0.05) is 24.3 Å². The van der Waals surface area contributed by atoms with E-state index in [1.165, 1.54) is 11.1 Å². The summed E-state index contributed by atoms with van der Waals surface area (Å²) in [6.45, 7) is 5.49. The number of carbonyl (C=O) groups excluding carboxylic acids is 1. The number of guanidine groups is 1. The number of likely N-dealkylation sites (tertiary alicyclic amines) is 1. The van der Waals surface area contributed by atoms with Gasteiger partial charge in [0.15, 0.2) is 5.96 Å². The zero-order chi connectivity index (χ0) is 18.9. The molecule has 1 fully saturated rings. The average Bonchev–Trinajstić information content (AvgIpc) is 2.63. The molecule has 1 atom stereocenters. The summed E-state index contributed by atoms with van der Waals surface area (Å²) in [5.74, 6) is 0.686. The third kappa shape index (κ3) is 5.73. The van der Waals surface area contributed by atoms with Crippen molar-refractivity contribution in [3.05, 3.63) is 35.4 Å². The van der Waals surface area contributed by atoms with Crippen LogP contribution in [0.3, 0.4) is 0 Å². The first-order valence-corrected chi connectivity index (χ1v) is 9.38. The third-order valence-electron chi connectivity index (χ3n) is 4.59. The predicted octanol–water partition coefficient (Wildman–Crippen LogP) is 2.10. The number of piperidine rings is 1. The fourth-order valence-electron chi connectivity index (χ4n) is 3.35. The number of hydrogen-bond acceptors (Lipinski definition) is 4. The lowest BCUT2D eigenvalue weighted by molar-refractivity contribution is -0.149. The number of hydrogen-bond donors (Lipinski definition) is 1. The number of nitrogens with one attached hydrogen (secondary N) is 1. The Morgan fingerprint density at radius 2 is 2.08 bits per heavy atom. The van der Waals surface area contributed by atoms with Crippen LogP contribution in [0.2, 0.25) is 0 Å². The van der Waals surface area contributed by atoms with Gasteiger partial charge in [-0.25, -0.2) is 0 Å². The van der Waals surface area contributed by atoms with Crippen LogP contribution in [-0.4, -0.2) is 62.6 Å². The van der Waals surface area contributed by atoms with Gasteiger partial charge in [0.2, 0.25) is 0 Å². The number of rotatable bonds is 6. The molecule has 144 valence electrons. The van der Waals surface area contributed by atoms with E-state index < -0.39 is 0 Å².